The third-order valence-electron chi connectivity index (χ3n) is 1.48. The quantitative estimate of drug-likeness (QED) is 0.547. The van der Waals surface area contributed by atoms with Crippen LogP contribution in [0.3, 0.4) is 0 Å². The van der Waals surface area contributed by atoms with Gasteiger partial charge < -0.3 is 0 Å². The summed E-state index contributed by atoms with van der Waals surface area (Å²) in [4.78, 5) is 0. The van der Waals surface area contributed by atoms with Gasteiger partial charge in [-0.25, -0.2) is 0 Å². The van der Waals surface area contributed by atoms with Crippen molar-refractivity contribution in [3.63, 3.8) is 0 Å². The molecule has 1 atom stereocenters. The third-order valence-corrected chi connectivity index (χ3v) is 6.45. The van der Waals surface area contributed by atoms with E-state index in [4.69, 9.17) is 0 Å². The molecule has 0 saturated carbocycles. The van der Waals surface area contributed by atoms with Gasteiger partial charge in [-0.2, -0.15) is 0 Å². The largest absolute Gasteiger partial charge is 0.118 e. The molecular formula is C7H18P2. The third kappa shape index (κ3) is 5.31. The van der Waals surface area contributed by atoms with Crippen molar-refractivity contribution in [3.05, 3.63) is 0 Å². The van der Waals surface area contributed by atoms with Gasteiger partial charge in [-0.15, -0.1) is 16.5 Å². The molecule has 0 aliphatic rings. The zero-order valence-corrected chi connectivity index (χ0v) is 8.67. The van der Waals surface area contributed by atoms with Crippen LogP contribution in [-0.2, 0) is 0 Å². The fraction of sp³-hybridized carbons (Fsp3) is 1.00. The Morgan fingerprint density at radius 1 is 1.11 bits per heavy atom. The molecule has 0 aliphatic carbocycles. The van der Waals surface area contributed by atoms with Crippen LogP contribution in [0.2, 0.25) is 0 Å². The molecule has 0 fully saturated rings. The molecule has 0 saturated heterocycles. The van der Waals surface area contributed by atoms with Crippen LogP contribution in [0.5, 0.6) is 0 Å². The highest BCUT2D eigenvalue weighted by molar-refractivity contribution is 7.67. The Labute approximate surface area is 62.3 Å². The van der Waals surface area contributed by atoms with Crippen molar-refractivity contribution in [1.82, 2.24) is 0 Å². The minimum atomic E-state index is 0.450. The highest BCUT2D eigenvalue weighted by Gasteiger charge is 1.98. The lowest BCUT2D eigenvalue weighted by molar-refractivity contribution is 1.40. The van der Waals surface area contributed by atoms with Gasteiger partial charge in [0.1, 0.15) is 0 Å². The Hall–Kier alpha value is 0.860. The van der Waals surface area contributed by atoms with Crippen molar-refractivity contribution < 1.29 is 0 Å². The predicted octanol–water partition coefficient (Wildman–Crippen LogP) is 3.16. The summed E-state index contributed by atoms with van der Waals surface area (Å²) in [5.41, 5.74) is 0. The summed E-state index contributed by atoms with van der Waals surface area (Å²) in [5.74, 6) is 1.54. The van der Waals surface area contributed by atoms with Gasteiger partial charge in [0.2, 0.25) is 0 Å². The predicted molar refractivity (Wildman–Crippen MR) is 51.7 cm³/mol. The number of hydrogen-bond acceptors (Lipinski definition) is 0. The highest BCUT2D eigenvalue weighted by Crippen LogP contribution is 2.40. The van der Waals surface area contributed by atoms with Crippen molar-refractivity contribution in [2.24, 2.45) is 0 Å². The first-order valence-corrected chi connectivity index (χ1v) is 7.09. The molecule has 56 valence electrons. The first-order chi connectivity index (χ1) is 4.35. The van der Waals surface area contributed by atoms with Crippen molar-refractivity contribution >= 4 is 16.5 Å². The van der Waals surface area contributed by atoms with Gasteiger partial charge in [-0.1, -0.05) is 20.8 Å². The molecule has 1 unspecified atom stereocenters. The molecule has 0 spiro atoms. The lowest BCUT2D eigenvalue weighted by atomic mass is 11.0. The standard InChI is InChI=1S/C7H18P2/c1-4-8-7-9(5-2)6-3/h8H,4-7H2,1-3H3. The van der Waals surface area contributed by atoms with E-state index in [2.05, 4.69) is 20.8 Å². The maximum absolute atomic E-state index is 2.33. The van der Waals surface area contributed by atoms with Crippen molar-refractivity contribution in [2.75, 3.05) is 24.4 Å². The zero-order chi connectivity index (χ0) is 7.11. The van der Waals surface area contributed by atoms with Gasteiger partial charge >= 0.3 is 0 Å². The van der Waals surface area contributed by atoms with E-state index in [1.807, 2.05) is 0 Å². The van der Waals surface area contributed by atoms with E-state index < -0.39 is 0 Å². The molecule has 0 heterocycles. The van der Waals surface area contributed by atoms with Gasteiger partial charge in [-0.05, 0) is 24.4 Å². The van der Waals surface area contributed by atoms with Crippen LogP contribution < -0.4 is 0 Å². The van der Waals surface area contributed by atoms with Crippen LogP contribution in [0, 0.1) is 0 Å². The molecule has 0 N–H and O–H groups in total. The molecule has 0 aromatic rings. The van der Waals surface area contributed by atoms with E-state index in [-0.39, 0.29) is 0 Å². The Kier molecular flexibility index (Phi) is 7.64. The Morgan fingerprint density at radius 2 is 1.67 bits per heavy atom. The van der Waals surface area contributed by atoms with Gasteiger partial charge in [0.25, 0.3) is 0 Å². The van der Waals surface area contributed by atoms with Crippen LogP contribution in [-0.4, -0.2) is 24.4 Å². The second-order valence-corrected chi connectivity index (χ2v) is 7.14. The molecule has 2 heteroatoms. The fourth-order valence-corrected chi connectivity index (χ4v) is 5.11. The van der Waals surface area contributed by atoms with Crippen LogP contribution in [0.25, 0.3) is 0 Å². The first-order valence-electron chi connectivity index (χ1n) is 3.78. The SMILES string of the molecule is CCPCP(CC)CC. The van der Waals surface area contributed by atoms with Crippen LogP contribution in [0.15, 0.2) is 0 Å². The first kappa shape index (κ1) is 9.86. The molecule has 0 aromatic carbocycles. The maximum Gasteiger partial charge on any atom is -0.0148 e. The lowest BCUT2D eigenvalue weighted by Gasteiger charge is -2.11. The van der Waals surface area contributed by atoms with Gasteiger partial charge in [0.15, 0.2) is 0 Å². The molecule has 0 bridgehead atoms. The monoisotopic (exact) mass is 164 g/mol. The van der Waals surface area contributed by atoms with E-state index in [1.165, 1.54) is 27.1 Å². The second-order valence-electron chi connectivity index (χ2n) is 2.06. The second kappa shape index (κ2) is 6.97. The molecule has 0 aliphatic heterocycles. The molecular weight excluding hydrogens is 146 g/mol. The molecule has 0 aromatic heterocycles. The minimum Gasteiger partial charge on any atom is -0.118 e. The van der Waals surface area contributed by atoms with Gasteiger partial charge in [-0.3, -0.25) is 0 Å². The zero-order valence-electron chi connectivity index (χ0n) is 6.78. The summed E-state index contributed by atoms with van der Waals surface area (Å²) in [5, 5.41) is 0. The molecule has 0 nitrogen and oxygen atoms in total. The summed E-state index contributed by atoms with van der Waals surface area (Å²) in [6.45, 7) is 6.95. The summed E-state index contributed by atoms with van der Waals surface area (Å²) in [6.07, 6.45) is 4.29. The van der Waals surface area contributed by atoms with E-state index in [0.717, 1.165) is 0 Å². The fourth-order valence-electron chi connectivity index (χ4n) is 0.717. The Balaban J connectivity index is 3.09. The van der Waals surface area contributed by atoms with Crippen LogP contribution >= 0.6 is 16.5 Å². The maximum atomic E-state index is 2.33. The molecule has 0 amide bonds. The van der Waals surface area contributed by atoms with Crippen LogP contribution in [0.4, 0.5) is 0 Å². The average molecular weight is 164 g/mol. The lowest BCUT2D eigenvalue weighted by Crippen LogP contribution is -1.84. The number of rotatable bonds is 5. The highest BCUT2D eigenvalue weighted by atomic mass is 31.2. The molecule has 0 radical (unpaired) electrons. The van der Waals surface area contributed by atoms with Crippen molar-refractivity contribution in [3.8, 4) is 0 Å². The summed E-state index contributed by atoms with van der Waals surface area (Å²) < 4.78 is 0. The molecule has 9 heavy (non-hydrogen) atoms. The van der Waals surface area contributed by atoms with Gasteiger partial charge in [0, 0.05) is 0 Å². The number of hydrogen-bond donors (Lipinski definition) is 0. The van der Waals surface area contributed by atoms with Gasteiger partial charge in [0.05, 0.1) is 0 Å². The van der Waals surface area contributed by atoms with E-state index in [0.29, 0.717) is 7.92 Å². The van der Waals surface area contributed by atoms with E-state index >= 15 is 0 Å². The summed E-state index contributed by atoms with van der Waals surface area (Å²) in [7, 11) is 1.69. The normalized spacial score (nSPS) is 12.0. The minimum absolute atomic E-state index is 0.450. The van der Waals surface area contributed by atoms with Crippen LogP contribution in [0.1, 0.15) is 20.8 Å². The summed E-state index contributed by atoms with van der Waals surface area (Å²) in [6, 6.07) is 0. The van der Waals surface area contributed by atoms with Crippen molar-refractivity contribution in [2.45, 2.75) is 20.8 Å². The average Bonchev–Trinajstić information content (AvgIpc) is 1.91. The van der Waals surface area contributed by atoms with E-state index in [1.54, 1.807) is 5.90 Å². The Morgan fingerprint density at radius 3 is 2.00 bits per heavy atom. The van der Waals surface area contributed by atoms with E-state index in [9.17, 15) is 0 Å². The summed E-state index contributed by atoms with van der Waals surface area (Å²) >= 11 is 0. The molecule has 0 rings (SSSR count). The van der Waals surface area contributed by atoms with Crippen molar-refractivity contribution in [1.29, 1.82) is 0 Å². The smallest absolute Gasteiger partial charge is 0.0148 e. The topological polar surface area (TPSA) is 0 Å². The Bertz CT molecular complexity index is 50.9.